The number of H-pyrrole nitrogens is 1. The Hall–Kier alpha value is -1.88. The molecule has 1 aromatic carbocycles. The van der Waals surface area contributed by atoms with Crippen LogP contribution in [-0.4, -0.2) is 9.91 Å². The smallest absolute Gasteiger partial charge is 0.293 e. The highest BCUT2D eigenvalue weighted by Crippen LogP contribution is 2.21. The number of nitrogens with one attached hydrogen (secondary N) is 1. The Labute approximate surface area is 94.8 Å². The normalized spacial score (nSPS) is 10.6. The number of hydrogen-bond donors (Lipinski definition) is 1. The number of nitrogens with zero attached hydrogens (tertiary/aromatic N) is 1. The van der Waals surface area contributed by atoms with Crippen molar-refractivity contribution in [3.63, 3.8) is 0 Å². The number of nitro benzene ring substituents is 1. The first-order valence-electron chi connectivity index (χ1n) is 4.49. The molecule has 1 N–H and O–H groups in total. The molecule has 0 amide bonds. The molecule has 2 aromatic rings. The number of hydrogen-bond acceptors (Lipinski definition) is 3. The monoisotopic (exact) mass is 238 g/mol. The minimum atomic E-state index is -0.529. The van der Waals surface area contributed by atoms with Gasteiger partial charge in [-0.1, -0.05) is 6.07 Å². The Morgan fingerprint density at radius 2 is 2.19 bits per heavy atom. The van der Waals surface area contributed by atoms with Gasteiger partial charge in [0.25, 0.3) is 5.69 Å². The molecule has 0 bridgehead atoms. The van der Waals surface area contributed by atoms with Gasteiger partial charge in [-0.15, -0.1) is 11.6 Å². The fraction of sp³-hybridized carbons (Fsp3) is 0.100. The van der Waals surface area contributed by atoms with E-state index in [9.17, 15) is 14.9 Å². The second kappa shape index (κ2) is 3.94. The van der Waals surface area contributed by atoms with Crippen LogP contribution in [0, 0.1) is 10.1 Å². The largest absolute Gasteiger partial charge is 0.355 e. The molecule has 2 rings (SSSR count). The maximum Gasteiger partial charge on any atom is 0.293 e. The highest BCUT2D eigenvalue weighted by molar-refractivity contribution is 6.17. The number of alkyl halides is 1. The van der Waals surface area contributed by atoms with Crippen LogP contribution in [0.4, 0.5) is 5.69 Å². The van der Waals surface area contributed by atoms with Gasteiger partial charge in [0.1, 0.15) is 5.52 Å². The molecule has 0 atom stereocenters. The van der Waals surface area contributed by atoms with Crippen LogP contribution in [0.25, 0.3) is 10.9 Å². The van der Waals surface area contributed by atoms with Crippen molar-refractivity contribution in [3.05, 3.63) is 50.3 Å². The van der Waals surface area contributed by atoms with Crippen molar-refractivity contribution in [2.24, 2.45) is 0 Å². The van der Waals surface area contributed by atoms with Crippen LogP contribution in [0.15, 0.2) is 29.2 Å². The molecule has 0 saturated heterocycles. The predicted molar refractivity (Wildman–Crippen MR) is 60.8 cm³/mol. The number of non-ortho nitro benzene ring substituents is 1. The molecule has 82 valence electrons. The van der Waals surface area contributed by atoms with Gasteiger partial charge >= 0.3 is 0 Å². The van der Waals surface area contributed by atoms with Gasteiger partial charge in [0, 0.05) is 17.8 Å². The van der Waals surface area contributed by atoms with Crippen LogP contribution in [0.3, 0.4) is 0 Å². The number of para-hydroxylation sites is 1. The molecule has 0 saturated carbocycles. The van der Waals surface area contributed by atoms with E-state index in [1.807, 2.05) is 0 Å². The summed E-state index contributed by atoms with van der Waals surface area (Å²) >= 11 is 5.58. The molecule has 5 nitrogen and oxygen atoms in total. The molecular weight excluding hydrogens is 232 g/mol. The van der Waals surface area contributed by atoms with Crippen molar-refractivity contribution in [1.29, 1.82) is 0 Å². The first-order chi connectivity index (χ1) is 7.65. The lowest BCUT2D eigenvalue weighted by atomic mass is 10.1. The maximum atomic E-state index is 11.8. The highest BCUT2D eigenvalue weighted by atomic mass is 35.5. The van der Waals surface area contributed by atoms with E-state index in [1.165, 1.54) is 24.4 Å². The number of fused-ring (bicyclic) bond motifs is 1. The first-order valence-corrected chi connectivity index (χ1v) is 5.02. The van der Waals surface area contributed by atoms with Crippen molar-refractivity contribution in [2.75, 3.05) is 0 Å². The van der Waals surface area contributed by atoms with Crippen LogP contribution >= 0.6 is 11.6 Å². The minimum Gasteiger partial charge on any atom is -0.355 e. The fourth-order valence-corrected chi connectivity index (χ4v) is 1.73. The topological polar surface area (TPSA) is 76.0 Å². The molecule has 0 spiro atoms. The standard InChI is InChI=1S/C10H7ClN2O3/c11-4-6-5-12-9-7(10(6)14)2-1-3-8(9)13(15)16/h1-3,5H,4H2,(H,12,14). The molecule has 0 aliphatic heterocycles. The number of rotatable bonds is 2. The summed E-state index contributed by atoms with van der Waals surface area (Å²) in [4.78, 5) is 24.8. The summed E-state index contributed by atoms with van der Waals surface area (Å²) in [6.45, 7) is 0. The van der Waals surface area contributed by atoms with Crippen molar-refractivity contribution in [3.8, 4) is 0 Å². The van der Waals surface area contributed by atoms with E-state index < -0.39 is 4.92 Å². The second-order valence-electron chi connectivity index (χ2n) is 3.23. The summed E-state index contributed by atoms with van der Waals surface area (Å²) in [5.41, 5.74) is 0.240. The third kappa shape index (κ3) is 1.55. The summed E-state index contributed by atoms with van der Waals surface area (Å²) in [7, 11) is 0. The molecule has 6 heteroatoms. The molecule has 1 heterocycles. The van der Waals surface area contributed by atoms with E-state index in [4.69, 9.17) is 11.6 Å². The first kappa shape index (κ1) is 10.6. The number of benzene rings is 1. The van der Waals surface area contributed by atoms with Crippen molar-refractivity contribution >= 4 is 28.2 Å². The molecule has 0 aliphatic carbocycles. The lowest BCUT2D eigenvalue weighted by Crippen LogP contribution is -2.09. The summed E-state index contributed by atoms with van der Waals surface area (Å²) in [5.74, 6) is 0.0773. The van der Waals surface area contributed by atoms with Crippen LogP contribution in [0.5, 0.6) is 0 Å². The van der Waals surface area contributed by atoms with E-state index in [0.29, 0.717) is 5.56 Å². The molecule has 0 unspecified atom stereocenters. The van der Waals surface area contributed by atoms with Crippen LogP contribution in [0.2, 0.25) is 0 Å². The summed E-state index contributed by atoms with van der Waals surface area (Å²) in [6.07, 6.45) is 1.41. The average Bonchev–Trinajstić information content (AvgIpc) is 2.29. The average molecular weight is 239 g/mol. The molecular formula is C10H7ClN2O3. The van der Waals surface area contributed by atoms with Gasteiger partial charge < -0.3 is 4.98 Å². The Bertz CT molecular complexity index is 621. The van der Waals surface area contributed by atoms with Crippen molar-refractivity contribution in [2.45, 2.75) is 5.88 Å². The zero-order valence-electron chi connectivity index (χ0n) is 8.07. The van der Waals surface area contributed by atoms with Crippen LogP contribution in [0.1, 0.15) is 5.56 Å². The maximum absolute atomic E-state index is 11.8. The Balaban J connectivity index is 2.88. The van der Waals surface area contributed by atoms with Gasteiger partial charge in [0.15, 0.2) is 5.43 Å². The quantitative estimate of drug-likeness (QED) is 0.495. The van der Waals surface area contributed by atoms with Gasteiger partial charge in [0.2, 0.25) is 0 Å². The third-order valence-corrected chi connectivity index (χ3v) is 2.60. The number of halogens is 1. The van der Waals surface area contributed by atoms with Gasteiger partial charge in [0.05, 0.1) is 16.2 Å². The Morgan fingerprint density at radius 3 is 2.81 bits per heavy atom. The zero-order chi connectivity index (χ0) is 11.7. The van der Waals surface area contributed by atoms with Gasteiger partial charge in [-0.05, 0) is 6.07 Å². The summed E-state index contributed by atoms with van der Waals surface area (Å²) < 4.78 is 0. The van der Waals surface area contributed by atoms with Crippen molar-refractivity contribution < 1.29 is 4.92 Å². The lowest BCUT2D eigenvalue weighted by molar-refractivity contribution is -0.383. The predicted octanol–water partition coefficient (Wildman–Crippen LogP) is 2.18. The summed E-state index contributed by atoms with van der Waals surface area (Å²) in [6, 6.07) is 4.36. The molecule has 0 aliphatic rings. The third-order valence-electron chi connectivity index (χ3n) is 2.31. The van der Waals surface area contributed by atoms with Gasteiger partial charge in [-0.2, -0.15) is 0 Å². The van der Waals surface area contributed by atoms with Crippen LogP contribution in [-0.2, 0) is 5.88 Å². The van der Waals surface area contributed by atoms with E-state index in [-0.39, 0.29) is 27.9 Å². The Kier molecular flexibility index (Phi) is 2.62. The molecule has 1 aromatic heterocycles. The number of pyridine rings is 1. The molecule has 0 radical (unpaired) electrons. The highest BCUT2D eigenvalue weighted by Gasteiger charge is 2.14. The van der Waals surface area contributed by atoms with Crippen LogP contribution < -0.4 is 5.43 Å². The summed E-state index contributed by atoms with van der Waals surface area (Å²) in [5, 5.41) is 11.0. The van der Waals surface area contributed by atoms with E-state index >= 15 is 0 Å². The number of aromatic amines is 1. The van der Waals surface area contributed by atoms with Crippen molar-refractivity contribution in [1.82, 2.24) is 4.98 Å². The van der Waals surface area contributed by atoms with Gasteiger partial charge in [-0.25, -0.2) is 0 Å². The number of nitro groups is 1. The van der Waals surface area contributed by atoms with E-state index in [1.54, 1.807) is 0 Å². The molecule has 0 fully saturated rings. The minimum absolute atomic E-state index is 0.0773. The SMILES string of the molecule is O=c1c(CCl)c[nH]c2c([N+](=O)[O-])cccc12. The Morgan fingerprint density at radius 1 is 1.44 bits per heavy atom. The van der Waals surface area contributed by atoms with Gasteiger partial charge in [-0.3, -0.25) is 14.9 Å². The lowest BCUT2D eigenvalue weighted by Gasteiger charge is -2.00. The van der Waals surface area contributed by atoms with E-state index in [0.717, 1.165) is 0 Å². The number of aromatic nitrogens is 1. The fourth-order valence-electron chi connectivity index (χ4n) is 1.53. The molecule has 16 heavy (non-hydrogen) atoms. The van der Waals surface area contributed by atoms with E-state index in [2.05, 4.69) is 4.98 Å². The second-order valence-corrected chi connectivity index (χ2v) is 3.50. The zero-order valence-corrected chi connectivity index (χ0v) is 8.82.